The Hall–Kier alpha value is -2.07. The first-order chi connectivity index (χ1) is 10.2. The van der Waals surface area contributed by atoms with Crippen molar-refractivity contribution in [2.75, 3.05) is 20.3 Å². The Morgan fingerprint density at radius 1 is 1.05 bits per heavy atom. The van der Waals surface area contributed by atoms with Crippen LogP contribution >= 0.6 is 0 Å². The van der Waals surface area contributed by atoms with Crippen molar-refractivity contribution >= 4 is 0 Å². The maximum Gasteiger partial charge on any atom is 0.165 e. The highest BCUT2D eigenvalue weighted by Crippen LogP contribution is 2.18. The monoisotopic (exact) mass is 289 g/mol. The van der Waals surface area contributed by atoms with Crippen LogP contribution in [-0.2, 0) is 6.54 Å². The van der Waals surface area contributed by atoms with Gasteiger partial charge in [-0.05, 0) is 49.4 Å². The SMILES string of the molecule is CNCc1cccc(OCCOc2cc(C)ccc2F)c1. The lowest BCUT2D eigenvalue weighted by Crippen LogP contribution is -2.10. The molecular formula is C17H20FNO2. The topological polar surface area (TPSA) is 30.5 Å². The molecule has 2 aromatic carbocycles. The van der Waals surface area contributed by atoms with E-state index in [-0.39, 0.29) is 11.6 Å². The molecule has 0 aliphatic rings. The van der Waals surface area contributed by atoms with E-state index in [1.807, 2.05) is 38.2 Å². The molecule has 1 N–H and O–H groups in total. The molecule has 2 aromatic rings. The van der Waals surface area contributed by atoms with Crippen molar-refractivity contribution in [2.24, 2.45) is 0 Å². The fraction of sp³-hybridized carbons (Fsp3) is 0.294. The third-order valence-electron chi connectivity index (χ3n) is 2.98. The standard InChI is InChI=1S/C17H20FNO2/c1-13-6-7-16(18)17(10-13)21-9-8-20-15-5-3-4-14(11-15)12-19-2/h3-7,10-11,19H,8-9,12H2,1-2H3. The molecule has 0 aromatic heterocycles. The number of benzene rings is 2. The molecule has 2 rings (SSSR count). The van der Waals surface area contributed by atoms with Gasteiger partial charge in [-0.2, -0.15) is 0 Å². The van der Waals surface area contributed by atoms with Crippen LogP contribution in [0.1, 0.15) is 11.1 Å². The van der Waals surface area contributed by atoms with Crippen LogP contribution in [0.3, 0.4) is 0 Å². The lowest BCUT2D eigenvalue weighted by atomic mass is 10.2. The molecule has 0 fully saturated rings. The van der Waals surface area contributed by atoms with Gasteiger partial charge in [0.25, 0.3) is 0 Å². The predicted octanol–water partition coefficient (Wildman–Crippen LogP) is 3.31. The van der Waals surface area contributed by atoms with Crippen molar-refractivity contribution < 1.29 is 13.9 Å². The van der Waals surface area contributed by atoms with E-state index in [4.69, 9.17) is 9.47 Å². The van der Waals surface area contributed by atoms with E-state index < -0.39 is 0 Å². The molecule has 0 saturated carbocycles. The van der Waals surface area contributed by atoms with Gasteiger partial charge in [0.1, 0.15) is 19.0 Å². The van der Waals surface area contributed by atoms with Crippen LogP contribution in [0.4, 0.5) is 4.39 Å². The maximum atomic E-state index is 13.5. The van der Waals surface area contributed by atoms with E-state index in [9.17, 15) is 4.39 Å². The van der Waals surface area contributed by atoms with Crippen molar-refractivity contribution in [1.82, 2.24) is 5.32 Å². The summed E-state index contributed by atoms with van der Waals surface area (Å²) in [7, 11) is 1.90. The van der Waals surface area contributed by atoms with Crippen LogP contribution in [0.5, 0.6) is 11.5 Å². The minimum Gasteiger partial charge on any atom is -0.490 e. The zero-order chi connectivity index (χ0) is 15.1. The summed E-state index contributed by atoms with van der Waals surface area (Å²) >= 11 is 0. The lowest BCUT2D eigenvalue weighted by Gasteiger charge is -2.10. The van der Waals surface area contributed by atoms with Gasteiger partial charge in [0.15, 0.2) is 11.6 Å². The Bertz CT molecular complexity index is 587. The maximum absolute atomic E-state index is 13.5. The van der Waals surface area contributed by atoms with Gasteiger partial charge in [-0.3, -0.25) is 0 Å². The first kappa shape index (κ1) is 15.3. The summed E-state index contributed by atoms with van der Waals surface area (Å²) < 4.78 is 24.5. The number of aryl methyl sites for hydroxylation is 1. The smallest absolute Gasteiger partial charge is 0.165 e. The zero-order valence-electron chi connectivity index (χ0n) is 12.4. The van der Waals surface area contributed by atoms with Crippen LogP contribution in [0.2, 0.25) is 0 Å². The molecule has 4 heteroatoms. The molecule has 0 bridgehead atoms. The van der Waals surface area contributed by atoms with E-state index in [1.54, 1.807) is 12.1 Å². The lowest BCUT2D eigenvalue weighted by molar-refractivity contribution is 0.211. The first-order valence-corrected chi connectivity index (χ1v) is 6.94. The molecule has 3 nitrogen and oxygen atoms in total. The summed E-state index contributed by atoms with van der Waals surface area (Å²) in [5.41, 5.74) is 2.12. The fourth-order valence-electron chi connectivity index (χ4n) is 1.98. The highest BCUT2D eigenvalue weighted by molar-refractivity contribution is 5.30. The summed E-state index contributed by atoms with van der Waals surface area (Å²) in [6.45, 7) is 3.37. The number of hydrogen-bond acceptors (Lipinski definition) is 3. The second-order valence-electron chi connectivity index (χ2n) is 4.81. The van der Waals surface area contributed by atoms with E-state index in [0.717, 1.165) is 23.4 Å². The average Bonchev–Trinajstić information content (AvgIpc) is 2.48. The largest absolute Gasteiger partial charge is 0.490 e. The summed E-state index contributed by atoms with van der Waals surface area (Å²) in [6.07, 6.45) is 0. The molecule has 0 atom stereocenters. The number of rotatable bonds is 7. The molecule has 0 heterocycles. The highest BCUT2D eigenvalue weighted by atomic mass is 19.1. The number of halogens is 1. The van der Waals surface area contributed by atoms with Crippen molar-refractivity contribution in [2.45, 2.75) is 13.5 Å². The minimum atomic E-state index is -0.350. The Morgan fingerprint density at radius 3 is 2.67 bits per heavy atom. The Labute approximate surface area is 124 Å². The third kappa shape index (κ3) is 4.76. The second-order valence-corrected chi connectivity index (χ2v) is 4.81. The average molecular weight is 289 g/mol. The molecule has 0 spiro atoms. The minimum absolute atomic E-state index is 0.266. The molecule has 0 aliphatic heterocycles. The van der Waals surface area contributed by atoms with E-state index >= 15 is 0 Å². The van der Waals surface area contributed by atoms with Gasteiger partial charge in [0.05, 0.1) is 0 Å². The third-order valence-corrected chi connectivity index (χ3v) is 2.98. The van der Waals surface area contributed by atoms with E-state index in [2.05, 4.69) is 5.32 Å². The van der Waals surface area contributed by atoms with Gasteiger partial charge in [-0.15, -0.1) is 0 Å². The van der Waals surface area contributed by atoms with Crippen molar-refractivity contribution in [3.05, 3.63) is 59.4 Å². The highest BCUT2D eigenvalue weighted by Gasteiger charge is 2.03. The van der Waals surface area contributed by atoms with Gasteiger partial charge in [0.2, 0.25) is 0 Å². The van der Waals surface area contributed by atoms with Gasteiger partial charge in [-0.1, -0.05) is 18.2 Å². The summed E-state index contributed by atoms with van der Waals surface area (Å²) in [6, 6.07) is 12.7. The normalized spacial score (nSPS) is 10.4. The molecular weight excluding hydrogens is 269 g/mol. The van der Waals surface area contributed by atoms with Crippen LogP contribution in [0, 0.1) is 12.7 Å². The predicted molar refractivity (Wildman–Crippen MR) is 81.3 cm³/mol. The number of ether oxygens (including phenoxy) is 2. The first-order valence-electron chi connectivity index (χ1n) is 6.94. The van der Waals surface area contributed by atoms with Crippen LogP contribution in [-0.4, -0.2) is 20.3 Å². The molecule has 0 unspecified atom stereocenters. The zero-order valence-corrected chi connectivity index (χ0v) is 12.4. The summed E-state index contributed by atoms with van der Waals surface area (Å²) in [5.74, 6) is 0.704. The molecule has 0 aliphatic carbocycles. The molecule has 0 saturated heterocycles. The van der Waals surface area contributed by atoms with E-state index in [0.29, 0.717) is 13.2 Å². The van der Waals surface area contributed by atoms with Crippen molar-refractivity contribution in [1.29, 1.82) is 0 Å². The van der Waals surface area contributed by atoms with Crippen LogP contribution in [0.15, 0.2) is 42.5 Å². The molecule has 0 radical (unpaired) electrons. The van der Waals surface area contributed by atoms with Gasteiger partial charge < -0.3 is 14.8 Å². The Balaban J connectivity index is 1.81. The molecule has 0 amide bonds. The Kier molecular flexibility index (Phi) is 5.58. The van der Waals surface area contributed by atoms with Crippen molar-refractivity contribution in [3.63, 3.8) is 0 Å². The molecule has 112 valence electrons. The molecule has 21 heavy (non-hydrogen) atoms. The quantitative estimate of drug-likeness (QED) is 0.793. The van der Waals surface area contributed by atoms with E-state index in [1.165, 1.54) is 6.07 Å². The summed E-state index contributed by atoms with van der Waals surface area (Å²) in [5, 5.41) is 3.09. The summed E-state index contributed by atoms with van der Waals surface area (Å²) in [4.78, 5) is 0. The fourth-order valence-corrected chi connectivity index (χ4v) is 1.98. The number of nitrogens with one attached hydrogen (secondary N) is 1. The van der Waals surface area contributed by atoms with Gasteiger partial charge >= 0.3 is 0 Å². The number of hydrogen-bond donors (Lipinski definition) is 1. The second kappa shape index (κ2) is 7.64. The van der Waals surface area contributed by atoms with Gasteiger partial charge in [0, 0.05) is 6.54 Å². The van der Waals surface area contributed by atoms with Crippen LogP contribution in [0.25, 0.3) is 0 Å². The van der Waals surface area contributed by atoms with Crippen LogP contribution < -0.4 is 14.8 Å². The van der Waals surface area contributed by atoms with Crippen molar-refractivity contribution in [3.8, 4) is 11.5 Å². The van der Waals surface area contributed by atoms with Gasteiger partial charge in [-0.25, -0.2) is 4.39 Å². The Morgan fingerprint density at radius 2 is 1.86 bits per heavy atom.